The number of aliphatic hydroxyl groups excluding tert-OH is 1. The predicted molar refractivity (Wildman–Crippen MR) is 172 cm³/mol. The molecule has 44 heavy (non-hydrogen) atoms. The summed E-state index contributed by atoms with van der Waals surface area (Å²) >= 11 is 0. The Bertz CT molecular complexity index is 1420. The maximum Gasteiger partial charge on any atom is 0.295 e. The van der Waals surface area contributed by atoms with Gasteiger partial charge in [0.1, 0.15) is 18.1 Å². The van der Waals surface area contributed by atoms with Crippen LogP contribution in [0.15, 0.2) is 78.4 Å². The summed E-state index contributed by atoms with van der Waals surface area (Å²) in [5.41, 5.74) is 2.16. The molecule has 8 nitrogen and oxygen atoms in total. The van der Waals surface area contributed by atoms with Crippen molar-refractivity contribution in [1.29, 1.82) is 0 Å². The zero-order valence-electron chi connectivity index (χ0n) is 26.3. The van der Waals surface area contributed by atoms with Gasteiger partial charge in [-0.05, 0) is 80.0 Å². The molecule has 8 heteroatoms. The number of nitrogens with zero attached hydrogens (tertiary/aromatic N) is 2. The van der Waals surface area contributed by atoms with Crippen LogP contribution in [-0.4, -0.2) is 66.5 Å². The predicted octanol–water partition coefficient (Wildman–Crippen LogP) is 6.61. The molecule has 1 aliphatic heterocycles. The molecule has 1 atom stereocenters. The average molecular weight is 601 g/mol. The Morgan fingerprint density at radius 3 is 2.27 bits per heavy atom. The van der Waals surface area contributed by atoms with E-state index in [2.05, 4.69) is 25.7 Å². The normalized spacial score (nSPS) is 16.0. The van der Waals surface area contributed by atoms with E-state index in [1.807, 2.05) is 36.4 Å². The lowest BCUT2D eigenvalue weighted by molar-refractivity contribution is -0.140. The molecule has 1 fully saturated rings. The van der Waals surface area contributed by atoms with Gasteiger partial charge in [-0.15, -0.1) is 0 Å². The smallest absolute Gasteiger partial charge is 0.295 e. The summed E-state index contributed by atoms with van der Waals surface area (Å²) in [6.45, 7) is 10.2. The number of carbonyl (C=O) groups excluding carboxylic acids is 2. The topological polar surface area (TPSA) is 88.5 Å². The van der Waals surface area contributed by atoms with Crippen LogP contribution in [0.3, 0.4) is 0 Å². The molecule has 0 aromatic heterocycles. The van der Waals surface area contributed by atoms with Crippen molar-refractivity contribution in [2.75, 3.05) is 39.9 Å². The van der Waals surface area contributed by atoms with Crippen LogP contribution in [0.4, 0.5) is 0 Å². The Hall–Kier alpha value is -4.30. The summed E-state index contributed by atoms with van der Waals surface area (Å²) < 4.78 is 17.5. The molecule has 1 heterocycles. The van der Waals surface area contributed by atoms with Crippen molar-refractivity contribution in [3.63, 3.8) is 0 Å². The van der Waals surface area contributed by atoms with Crippen LogP contribution in [0, 0.1) is 0 Å². The van der Waals surface area contributed by atoms with E-state index in [0.29, 0.717) is 54.6 Å². The molecule has 1 aliphatic rings. The highest BCUT2D eigenvalue weighted by Gasteiger charge is 2.46. The molecule has 1 unspecified atom stereocenters. The molecule has 4 rings (SSSR count). The zero-order chi connectivity index (χ0) is 31.5. The maximum atomic E-state index is 13.5. The van der Waals surface area contributed by atoms with Crippen LogP contribution < -0.4 is 14.2 Å². The van der Waals surface area contributed by atoms with E-state index in [1.165, 1.54) is 0 Å². The second-order valence-electron chi connectivity index (χ2n) is 10.8. The van der Waals surface area contributed by atoms with E-state index in [1.54, 1.807) is 48.4 Å². The van der Waals surface area contributed by atoms with Gasteiger partial charge in [0.25, 0.3) is 11.7 Å². The first-order valence-corrected chi connectivity index (χ1v) is 15.5. The molecule has 0 spiro atoms. The van der Waals surface area contributed by atoms with Gasteiger partial charge in [0.2, 0.25) is 0 Å². The monoisotopic (exact) mass is 600 g/mol. The fourth-order valence-corrected chi connectivity index (χ4v) is 5.37. The quantitative estimate of drug-likeness (QED) is 0.0857. The number of likely N-dealkylation sites (tertiary alicyclic amines) is 1. The van der Waals surface area contributed by atoms with Gasteiger partial charge in [-0.2, -0.15) is 0 Å². The second kappa shape index (κ2) is 16.0. The molecule has 0 bridgehead atoms. The Labute approximate surface area is 260 Å². The third-order valence-electron chi connectivity index (χ3n) is 7.94. The van der Waals surface area contributed by atoms with Crippen LogP contribution in [-0.2, 0) is 16.2 Å². The number of hydrogen-bond donors (Lipinski definition) is 1. The summed E-state index contributed by atoms with van der Waals surface area (Å²) in [6.07, 6.45) is 2.66. The van der Waals surface area contributed by atoms with Gasteiger partial charge in [-0.25, -0.2) is 0 Å². The fraction of sp³-hybridized carbons (Fsp3) is 0.389. The minimum absolute atomic E-state index is 0.0532. The molecule has 234 valence electrons. The number of methoxy groups -OCH3 is 1. The molecule has 1 N–H and O–H groups in total. The van der Waals surface area contributed by atoms with Crippen LogP contribution in [0.25, 0.3) is 5.76 Å². The van der Waals surface area contributed by atoms with Crippen LogP contribution in [0.1, 0.15) is 62.8 Å². The van der Waals surface area contributed by atoms with Crippen LogP contribution in [0.2, 0.25) is 0 Å². The lowest BCUT2D eigenvalue weighted by atomic mass is 9.95. The molecule has 1 amide bonds. The van der Waals surface area contributed by atoms with Crippen molar-refractivity contribution in [1.82, 2.24) is 9.80 Å². The number of rotatable bonds is 16. The number of hydrogen-bond acceptors (Lipinski definition) is 7. The second-order valence-corrected chi connectivity index (χ2v) is 10.8. The first kappa shape index (κ1) is 32.6. The Morgan fingerprint density at radius 2 is 1.61 bits per heavy atom. The van der Waals surface area contributed by atoms with Crippen molar-refractivity contribution in [3.05, 3.63) is 95.1 Å². The molecular formula is C36H44N2O6. The number of ketones is 1. The number of ether oxygens (including phenoxy) is 3. The van der Waals surface area contributed by atoms with E-state index in [-0.39, 0.29) is 11.3 Å². The summed E-state index contributed by atoms with van der Waals surface area (Å²) in [5.74, 6) is 0.140. The number of carbonyl (C=O) groups is 2. The third-order valence-corrected chi connectivity index (χ3v) is 7.94. The molecule has 0 aliphatic carbocycles. The van der Waals surface area contributed by atoms with E-state index in [9.17, 15) is 14.7 Å². The zero-order valence-corrected chi connectivity index (χ0v) is 26.3. The summed E-state index contributed by atoms with van der Waals surface area (Å²) in [6, 6.07) is 21.4. The van der Waals surface area contributed by atoms with Gasteiger partial charge in [0.15, 0.2) is 11.5 Å². The number of unbranched alkanes of at least 4 members (excludes halogenated alkanes) is 1. The van der Waals surface area contributed by atoms with Crippen molar-refractivity contribution in [2.24, 2.45) is 0 Å². The van der Waals surface area contributed by atoms with Crippen LogP contribution in [0.5, 0.6) is 17.2 Å². The fourth-order valence-electron chi connectivity index (χ4n) is 5.37. The van der Waals surface area contributed by atoms with Gasteiger partial charge in [0.05, 0.1) is 25.3 Å². The van der Waals surface area contributed by atoms with Gasteiger partial charge >= 0.3 is 0 Å². The van der Waals surface area contributed by atoms with E-state index in [4.69, 9.17) is 14.2 Å². The highest BCUT2D eigenvalue weighted by atomic mass is 16.5. The van der Waals surface area contributed by atoms with Crippen LogP contribution >= 0.6 is 0 Å². The average Bonchev–Trinajstić information content (AvgIpc) is 3.31. The molecule has 0 radical (unpaired) electrons. The van der Waals surface area contributed by atoms with Crippen molar-refractivity contribution in [2.45, 2.75) is 52.7 Å². The van der Waals surface area contributed by atoms with Crippen molar-refractivity contribution in [3.8, 4) is 17.2 Å². The minimum atomic E-state index is -0.788. The first-order valence-electron chi connectivity index (χ1n) is 15.5. The Kier molecular flexibility index (Phi) is 11.8. The highest BCUT2D eigenvalue weighted by Crippen LogP contribution is 2.42. The minimum Gasteiger partial charge on any atom is -0.507 e. The SMILES string of the molecule is CCCCOc1ccc(/C(O)=C2/C(=O)C(=O)N(CCCN(CC)CC)C2c2ccc(OCc3ccccc3)c(OC)c2)cc1. The molecule has 3 aromatic rings. The molecular weight excluding hydrogens is 556 g/mol. The number of aliphatic hydroxyl groups is 1. The van der Waals surface area contributed by atoms with E-state index in [0.717, 1.165) is 38.0 Å². The van der Waals surface area contributed by atoms with Crippen molar-refractivity contribution >= 4 is 17.4 Å². The highest BCUT2D eigenvalue weighted by molar-refractivity contribution is 6.46. The first-order chi connectivity index (χ1) is 21.4. The van der Waals surface area contributed by atoms with Gasteiger partial charge in [0, 0.05) is 12.1 Å². The summed E-state index contributed by atoms with van der Waals surface area (Å²) in [5, 5.41) is 11.5. The summed E-state index contributed by atoms with van der Waals surface area (Å²) in [7, 11) is 1.56. The molecule has 0 saturated carbocycles. The largest absolute Gasteiger partial charge is 0.507 e. The van der Waals surface area contributed by atoms with Gasteiger partial charge in [-0.3, -0.25) is 9.59 Å². The Morgan fingerprint density at radius 1 is 0.886 bits per heavy atom. The van der Waals surface area contributed by atoms with Gasteiger partial charge < -0.3 is 29.1 Å². The number of benzene rings is 3. The Balaban J connectivity index is 1.69. The maximum absolute atomic E-state index is 13.5. The standard InChI is InChI=1S/C36H44N2O6/c1-5-8-23-43-29-18-15-27(16-19-29)34(39)32-33(38(36(41)35(32)40)22-12-21-37(6-2)7-3)28-17-20-30(31(24-28)42-4)44-25-26-13-10-9-11-14-26/h9-11,13-20,24,33,39H,5-8,12,21-23,25H2,1-4H3/b34-32-. The van der Waals surface area contributed by atoms with Crippen molar-refractivity contribution < 1.29 is 28.9 Å². The van der Waals surface area contributed by atoms with E-state index < -0.39 is 17.7 Å². The lowest BCUT2D eigenvalue weighted by Crippen LogP contribution is -2.33. The molecule has 1 saturated heterocycles. The number of amides is 1. The lowest BCUT2D eigenvalue weighted by Gasteiger charge is -2.27. The third kappa shape index (κ3) is 7.80. The van der Waals surface area contributed by atoms with E-state index >= 15 is 0 Å². The van der Waals surface area contributed by atoms with Gasteiger partial charge in [-0.1, -0.05) is 63.6 Å². The molecule has 3 aromatic carbocycles. The summed E-state index contributed by atoms with van der Waals surface area (Å²) in [4.78, 5) is 30.9. The number of Topliss-reactive ketones (excluding diaryl/α,β-unsaturated/α-hetero) is 1.